The van der Waals surface area contributed by atoms with Gasteiger partial charge in [0.2, 0.25) is 0 Å². The molecule has 2 rings (SSSR count). The summed E-state index contributed by atoms with van der Waals surface area (Å²) in [5, 5.41) is 10.5. The smallest absolute Gasteiger partial charge is 0.147 e. The number of para-hydroxylation sites is 1. The Labute approximate surface area is 94.3 Å². The number of nitrogens with zero attached hydrogens (tertiary/aromatic N) is 1. The average molecular weight is 221 g/mol. The van der Waals surface area contributed by atoms with Crippen molar-refractivity contribution in [3.05, 3.63) is 35.8 Å². The first-order valence-electron chi connectivity index (χ1n) is 5.49. The fraction of sp³-hybridized carbons (Fsp3) is 0.385. The quantitative estimate of drug-likeness (QED) is 0.826. The molecular formula is C13H16FNO. The van der Waals surface area contributed by atoms with Crippen molar-refractivity contribution in [1.82, 2.24) is 4.57 Å². The van der Waals surface area contributed by atoms with Gasteiger partial charge in [-0.1, -0.05) is 12.1 Å². The Kier molecular flexibility index (Phi) is 2.72. The second-order valence-corrected chi connectivity index (χ2v) is 4.39. The molecule has 1 atom stereocenters. The molecule has 2 aromatic rings. The summed E-state index contributed by atoms with van der Waals surface area (Å²) in [7, 11) is 0. The van der Waals surface area contributed by atoms with Gasteiger partial charge in [-0.15, -0.1) is 0 Å². The number of halogens is 1. The molecule has 0 amide bonds. The highest BCUT2D eigenvalue weighted by molar-refractivity contribution is 5.82. The van der Waals surface area contributed by atoms with Gasteiger partial charge in [0, 0.05) is 17.1 Å². The molecule has 3 heteroatoms. The average Bonchev–Trinajstić information content (AvgIpc) is 2.58. The lowest BCUT2D eigenvalue weighted by atomic mass is 10.2. The number of fused-ring (bicyclic) bond motifs is 1. The van der Waals surface area contributed by atoms with Gasteiger partial charge in [0.1, 0.15) is 5.82 Å². The molecule has 0 spiro atoms. The lowest BCUT2D eigenvalue weighted by Crippen LogP contribution is -2.08. The molecule has 0 saturated carbocycles. The SMILES string of the molecule is CC(O)c1cc2cccc(F)c2n1C(C)C. The Bertz CT molecular complexity index is 514. The van der Waals surface area contributed by atoms with Gasteiger partial charge in [0.25, 0.3) is 0 Å². The maximum Gasteiger partial charge on any atom is 0.147 e. The zero-order valence-corrected chi connectivity index (χ0v) is 9.74. The molecule has 0 aliphatic carbocycles. The predicted octanol–water partition coefficient (Wildman–Crippen LogP) is 3.41. The first kappa shape index (κ1) is 11.1. The molecule has 0 saturated heterocycles. The van der Waals surface area contributed by atoms with Crippen molar-refractivity contribution in [2.45, 2.75) is 32.9 Å². The molecule has 0 radical (unpaired) electrons. The first-order chi connectivity index (χ1) is 7.52. The molecule has 2 nitrogen and oxygen atoms in total. The molecule has 1 unspecified atom stereocenters. The summed E-state index contributed by atoms with van der Waals surface area (Å²) in [6.45, 7) is 5.67. The van der Waals surface area contributed by atoms with Gasteiger partial charge in [-0.2, -0.15) is 0 Å². The van der Waals surface area contributed by atoms with E-state index in [1.807, 2.05) is 30.5 Å². The van der Waals surface area contributed by atoms with E-state index in [4.69, 9.17) is 0 Å². The fourth-order valence-corrected chi connectivity index (χ4v) is 2.14. The van der Waals surface area contributed by atoms with Gasteiger partial charge < -0.3 is 9.67 Å². The minimum Gasteiger partial charge on any atom is -0.387 e. The van der Waals surface area contributed by atoms with Crippen LogP contribution in [-0.4, -0.2) is 9.67 Å². The molecular weight excluding hydrogens is 205 g/mol. The second-order valence-electron chi connectivity index (χ2n) is 4.39. The molecule has 16 heavy (non-hydrogen) atoms. The summed E-state index contributed by atoms with van der Waals surface area (Å²) in [5.74, 6) is -0.238. The van der Waals surface area contributed by atoms with E-state index < -0.39 is 6.10 Å². The van der Waals surface area contributed by atoms with Crippen molar-refractivity contribution in [3.63, 3.8) is 0 Å². The Morgan fingerprint density at radius 2 is 1.94 bits per heavy atom. The third kappa shape index (κ3) is 1.61. The molecule has 86 valence electrons. The van der Waals surface area contributed by atoms with Crippen molar-refractivity contribution in [3.8, 4) is 0 Å². The third-order valence-corrected chi connectivity index (χ3v) is 2.78. The molecule has 1 N–H and O–H groups in total. The van der Waals surface area contributed by atoms with E-state index in [0.29, 0.717) is 5.52 Å². The second kappa shape index (κ2) is 3.91. The molecule has 1 aromatic carbocycles. The van der Waals surface area contributed by atoms with Crippen LogP contribution in [0.3, 0.4) is 0 Å². The molecule has 1 heterocycles. The highest BCUT2D eigenvalue weighted by Gasteiger charge is 2.17. The minimum atomic E-state index is -0.589. The monoisotopic (exact) mass is 221 g/mol. The number of hydrogen-bond acceptors (Lipinski definition) is 1. The first-order valence-corrected chi connectivity index (χ1v) is 5.49. The maximum atomic E-state index is 13.8. The largest absolute Gasteiger partial charge is 0.387 e. The van der Waals surface area contributed by atoms with Crippen molar-refractivity contribution in [1.29, 1.82) is 0 Å². The van der Waals surface area contributed by atoms with Crippen molar-refractivity contribution in [2.75, 3.05) is 0 Å². The van der Waals surface area contributed by atoms with Crippen LogP contribution in [0, 0.1) is 5.82 Å². The summed E-state index contributed by atoms with van der Waals surface area (Å²) >= 11 is 0. The number of hydrogen-bond donors (Lipinski definition) is 1. The lowest BCUT2D eigenvalue weighted by Gasteiger charge is -2.16. The van der Waals surface area contributed by atoms with Crippen LogP contribution < -0.4 is 0 Å². The highest BCUT2D eigenvalue weighted by Crippen LogP contribution is 2.29. The van der Waals surface area contributed by atoms with Crippen LogP contribution in [0.1, 0.15) is 38.6 Å². The van der Waals surface area contributed by atoms with E-state index in [9.17, 15) is 9.50 Å². The zero-order valence-electron chi connectivity index (χ0n) is 9.74. The Morgan fingerprint density at radius 1 is 1.25 bits per heavy atom. The summed E-state index contributed by atoms with van der Waals surface area (Å²) in [6.07, 6.45) is -0.589. The Hall–Kier alpha value is -1.35. The number of benzene rings is 1. The van der Waals surface area contributed by atoms with Crippen molar-refractivity contribution in [2.24, 2.45) is 0 Å². The maximum absolute atomic E-state index is 13.8. The standard InChI is InChI=1S/C13H16FNO/c1-8(2)15-12(9(3)16)7-10-5-4-6-11(14)13(10)15/h4-9,16H,1-3H3. The Morgan fingerprint density at radius 3 is 2.50 bits per heavy atom. The molecule has 0 bridgehead atoms. The third-order valence-electron chi connectivity index (χ3n) is 2.78. The van der Waals surface area contributed by atoms with Crippen LogP contribution in [0.2, 0.25) is 0 Å². The van der Waals surface area contributed by atoms with E-state index in [0.717, 1.165) is 11.1 Å². The van der Waals surface area contributed by atoms with Gasteiger partial charge in [0.05, 0.1) is 11.6 Å². The van der Waals surface area contributed by atoms with Crippen LogP contribution >= 0.6 is 0 Å². The highest BCUT2D eigenvalue weighted by atomic mass is 19.1. The van der Waals surface area contributed by atoms with Crippen LogP contribution in [0.15, 0.2) is 24.3 Å². The summed E-state index contributed by atoms with van der Waals surface area (Å²) < 4.78 is 15.6. The molecule has 1 aromatic heterocycles. The zero-order chi connectivity index (χ0) is 11.9. The van der Waals surface area contributed by atoms with E-state index in [-0.39, 0.29) is 11.9 Å². The topological polar surface area (TPSA) is 25.2 Å². The van der Waals surface area contributed by atoms with Crippen molar-refractivity contribution < 1.29 is 9.50 Å². The summed E-state index contributed by atoms with van der Waals surface area (Å²) in [4.78, 5) is 0. The number of rotatable bonds is 2. The van der Waals surface area contributed by atoms with Crippen LogP contribution in [0.25, 0.3) is 10.9 Å². The van der Waals surface area contributed by atoms with E-state index in [1.54, 1.807) is 13.0 Å². The van der Waals surface area contributed by atoms with Gasteiger partial charge in [-0.05, 0) is 32.9 Å². The van der Waals surface area contributed by atoms with Crippen LogP contribution in [-0.2, 0) is 0 Å². The van der Waals surface area contributed by atoms with Gasteiger partial charge >= 0.3 is 0 Å². The molecule has 0 aliphatic rings. The fourth-order valence-electron chi connectivity index (χ4n) is 2.14. The van der Waals surface area contributed by atoms with Crippen LogP contribution in [0.5, 0.6) is 0 Å². The summed E-state index contributed by atoms with van der Waals surface area (Å²) in [6, 6.07) is 6.98. The van der Waals surface area contributed by atoms with E-state index >= 15 is 0 Å². The van der Waals surface area contributed by atoms with Gasteiger partial charge in [-0.3, -0.25) is 0 Å². The number of aliphatic hydroxyl groups is 1. The molecule has 0 aliphatic heterocycles. The molecule has 0 fully saturated rings. The van der Waals surface area contributed by atoms with Crippen LogP contribution in [0.4, 0.5) is 4.39 Å². The Balaban J connectivity index is 2.83. The number of aromatic nitrogens is 1. The van der Waals surface area contributed by atoms with E-state index in [1.165, 1.54) is 6.07 Å². The summed E-state index contributed by atoms with van der Waals surface area (Å²) in [5.41, 5.74) is 1.34. The van der Waals surface area contributed by atoms with Crippen molar-refractivity contribution >= 4 is 10.9 Å². The lowest BCUT2D eigenvalue weighted by molar-refractivity contribution is 0.188. The van der Waals surface area contributed by atoms with Gasteiger partial charge in [-0.25, -0.2) is 4.39 Å². The predicted molar refractivity (Wildman–Crippen MR) is 62.9 cm³/mol. The van der Waals surface area contributed by atoms with Gasteiger partial charge in [0.15, 0.2) is 0 Å². The minimum absolute atomic E-state index is 0.124. The normalized spacial score (nSPS) is 13.6. The van der Waals surface area contributed by atoms with E-state index in [2.05, 4.69) is 0 Å². The number of aliphatic hydroxyl groups excluding tert-OH is 1.